The van der Waals surface area contributed by atoms with Crippen LogP contribution in [-0.2, 0) is 9.59 Å². The molecule has 1 aliphatic rings. The van der Waals surface area contributed by atoms with Crippen LogP contribution in [0.4, 0.5) is 11.6 Å². The molecule has 2 amide bonds. The summed E-state index contributed by atoms with van der Waals surface area (Å²) in [6.45, 7) is 1.87. The standard InChI is InChI=1S/C11H16N6O3/c1-3-6-11(19)15-7(18)4-17(6)10-8(20-2)9(16-12)13-5-14-10/h5-6H,3-4,12H2,1-2H3,(H,13,14,16)(H,15,18,19). The van der Waals surface area contributed by atoms with E-state index in [9.17, 15) is 9.59 Å². The van der Waals surface area contributed by atoms with Gasteiger partial charge in [0.1, 0.15) is 12.4 Å². The molecule has 0 saturated carbocycles. The molecule has 2 heterocycles. The fraction of sp³-hybridized carbons (Fsp3) is 0.455. The zero-order valence-electron chi connectivity index (χ0n) is 11.2. The Kier molecular flexibility index (Phi) is 3.99. The maximum Gasteiger partial charge on any atom is 0.249 e. The van der Waals surface area contributed by atoms with Crippen molar-refractivity contribution in [2.24, 2.45) is 5.84 Å². The second kappa shape index (κ2) is 5.70. The number of imide groups is 1. The molecule has 1 fully saturated rings. The largest absolute Gasteiger partial charge is 0.490 e. The van der Waals surface area contributed by atoms with Crippen molar-refractivity contribution in [3.05, 3.63) is 6.33 Å². The highest BCUT2D eigenvalue weighted by Gasteiger charge is 2.35. The molecule has 0 radical (unpaired) electrons. The van der Waals surface area contributed by atoms with E-state index in [1.807, 2.05) is 6.92 Å². The van der Waals surface area contributed by atoms with E-state index in [1.54, 1.807) is 4.90 Å². The van der Waals surface area contributed by atoms with Crippen molar-refractivity contribution in [2.45, 2.75) is 19.4 Å². The van der Waals surface area contributed by atoms with E-state index in [0.29, 0.717) is 12.2 Å². The number of nitrogens with zero attached hydrogens (tertiary/aromatic N) is 3. The number of carbonyl (C=O) groups is 2. The molecular formula is C11H16N6O3. The van der Waals surface area contributed by atoms with Crippen LogP contribution in [0.5, 0.6) is 5.75 Å². The van der Waals surface area contributed by atoms with E-state index < -0.39 is 6.04 Å². The first-order chi connectivity index (χ1) is 9.62. The number of aromatic nitrogens is 2. The number of hydrogen-bond acceptors (Lipinski definition) is 8. The van der Waals surface area contributed by atoms with Crippen LogP contribution in [0, 0.1) is 0 Å². The molecule has 4 N–H and O–H groups in total. The lowest BCUT2D eigenvalue weighted by Gasteiger charge is -2.34. The maximum atomic E-state index is 11.9. The van der Waals surface area contributed by atoms with Gasteiger partial charge in [-0.1, -0.05) is 6.92 Å². The SMILES string of the molecule is CCC1C(=O)NC(=O)CN1c1ncnc(NN)c1OC. The number of hydrazine groups is 1. The highest BCUT2D eigenvalue weighted by Crippen LogP contribution is 2.33. The Morgan fingerprint density at radius 1 is 1.55 bits per heavy atom. The van der Waals surface area contributed by atoms with Crippen LogP contribution >= 0.6 is 0 Å². The van der Waals surface area contributed by atoms with Crippen molar-refractivity contribution in [3.63, 3.8) is 0 Å². The van der Waals surface area contributed by atoms with Gasteiger partial charge in [0.25, 0.3) is 0 Å². The first kappa shape index (κ1) is 14.0. The molecular weight excluding hydrogens is 264 g/mol. The van der Waals surface area contributed by atoms with Gasteiger partial charge in [-0.2, -0.15) is 0 Å². The lowest BCUT2D eigenvalue weighted by Crippen LogP contribution is -2.58. The molecule has 1 aromatic rings. The molecule has 1 atom stereocenters. The molecule has 20 heavy (non-hydrogen) atoms. The molecule has 1 unspecified atom stereocenters. The number of nitrogens with one attached hydrogen (secondary N) is 2. The number of methoxy groups -OCH3 is 1. The van der Waals surface area contributed by atoms with Crippen LogP contribution < -0.4 is 26.2 Å². The monoisotopic (exact) mass is 280 g/mol. The van der Waals surface area contributed by atoms with Crippen molar-refractivity contribution in [2.75, 3.05) is 24.0 Å². The van der Waals surface area contributed by atoms with Gasteiger partial charge in [-0.3, -0.25) is 14.9 Å². The van der Waals surface area contributed by atoms with Crippen LogP contribution in [0.15, 0.2) is 6.33 Å². The predicted molar refractivity (Wildman–Crippen MR) is 71.0 cm³/mol. The Hall–Kier alpha value is -2.42. The number of amides is 2. The van der Waals surface area contributed by atoms with E-state index >= 15 is 0 Å². The van der Waals surface area contributed by atoms with Crippen molar-refractivity contribution in [1.82, 2.24) is 15.3 Å². The van der Waals surface area contributed by atoms with Gasteiger partial charge in [0, 0.05) is 0 Å². The highest BCUT2D eigenvalue weighted by molar-refractivity contribution is 6.04. The number of anilines is 2. The quantitative estimate of drug-likeness (QED) is 0.365. The minimum absolute atomic E-state index is 0.0155. The number of piperazine rings is 1. The van der Waals surface area contributed by atoms with Crippen LogP contribution in [0.3, 0.4) is 0 Å². The number of rotatable bonds is 4. The first-order valence-corrected chi connectivity index (χ1v) is 6.08. The molecule has 9 nitrogen and oxygen atoms in total. The number of hydrogen-bond donors (Lipinski definition) is 3. The fourth-order valence-corrected chi connectivity index (χ4v) is 2.15. The van der Waals surface area contributed by atoms with E-state index in [0.717, 1.165) is 0 Å². The molecule has 2 rings (SSSR count). The number of carbonyl (C=O) groups excluding carboxylic acids is 2. The lowest BCUT2D eigenvalue weighted by atomic mass is 10.1. The third-order valence-corrected chi connectivity index (χ3v) is 3.04. The van der Waals surface area contributed by atoms with Crippen molar-refractivity contribution in [3.8, 4) is 5.75 Å². The second-order valence-corrected chi connectivity index (χ2v) is 4.19. The zero-order valence-corrected chi connectivity index (χ0v) is 11.2. The van der Waals surface area contributed by atoms with E-state index in [1.165, 1.54) is 13.4 Å². The van der Waals surface area contributed by atoms with E-state index in [2.05, 4.69) is 20.7 Å². The average molecular weight is 280 g/mol. The third-order valence-electron chi connectivity index (χ3n) is 3.04. The lowest BCUT2D eigenvalue weighted by molar-refractivity contribution is -0.132. The zero-order chi connectivity index (χ0) is 14.7. The van der Waals surface area contributed by atoms with E-state index in [4.69, 9.17) is 10.6 Å². The van der Waals surface area contributed by atoms with Crippen molar-refractivity contribution >= 4 is 23.5 Å². The summed E-state index contributed by atoms with van der Waals surface area (Å²) in [5.41, 5.74) is 2.39. The van der Waals surface area contributed by atoms with Gasteiger partial charge in [-0.25, -0.2) is 15.8 Å². The van der Waals surface area contributed by atoms with Crippen LogP contribution in [0.1, 0.15) is 13.3 Å². The summed E-state index contributed by atoms with van der Waals surface area (Å²) >= 11 is 0. The highest BCUT2D eigenvalue weighted by atomic mass is 16.5. The Labute approximate surface area is 115 Å². The summed E-state index contributed by atoms with van der Waals surface area (Å²) in [7, 11) is 1.44. The fourth-order valence-electron chi connectivity index (χ4n) is 2.15. The van der Waals surface area contributed by atoms with Crippen LogP contribution in [-0.4, -0.2) is 41.5 Å². The number of ether oxygens (including phenoxy) is 1. The number of nitrogens with two attached hydrogens (primary N) is 1. The summed E-state index contributed by atoms with van der Waals surface area (Å²) in [4.78, 5) is 33.1. The molecule has 108 valence electrons. The van der Waals surface area contributed by atoms with Crippen molar-refractivity contribution < 1.29 is 14.3 Å². The summed E-state index contributed by atoms with van der Waals surface area (Å²) in [6, 6.07) is -0.498. The Morgan fingerprint density at radius 2 is 2.30 bits per heavy atom. The van der Waals surface area contributed by atoms with Gasteiger partial charge < -0.3 is 15.1 Å². The van der Waals surface area contributed by atoms with E-state index in [-0.39, 0.29) is 29.9 Å². The molecule has 0 aromatic carbocycles. The van der Waals surface area contributed by atoms with Gasteiger partial charge in [0.05, 0.1) is 13.7 Å². The third kappa shape index (κ3) is 2.35. The minimum atomic E-state index is -0.498. The normalized spacial score (nSPS) is 18.8. The van der Waals surface area contributed by atoms with Crippen molar-refractivity contribution in [1.29, 1.82) is 0 Å². The maximum absolute atomic E-state index is 11.9. The predicted octanol–water partition coefficient (Wildman–Crippen LogP) is -0.988. The van der Waals surface area contributed by atoms with Gasteiger partial charge in [0.15, 0.2) is 11.6 Å². The Balaban J connectivity index is 2.47. The topological polar surface area (TPSA) is 122 Å². The molecule has 0 bridgehead atoms. The Bertz CT molecular complexity index is 535. The number of nitrogen functional groups attached to an aromatic ring is 1. The molecule has 9 heteroatoms. The summed E-state index contributed by atoms with van der Waals surface area (Å²) in [6.07, 6.45) is 1.81. The summed E-state index contributed by atoms with van der Waals surface area (Å²) < 4.78 is 5.23. The van der Waals surface area contributed by atoms with Gasteiger partial charge >= 0.3 is 0 Å². The molecule has 1 aromatic heterocycles. The van der Waals surface area contributed by atoms with Gasteiger partial charge in [-0.05, 0) is 6.42 Å². The molecule has 0 aliphatic carbocycles. The van der Waals surface area contributed by atoms with Gasteiger partial charge in [0.2, 0.25) is 17.6 Å². The second-order valence-electron chi connectivity index (χ2n) is 4.19. The molecule has 1 aliphatic heterocycles. The molecule has 1 saturated heterocycles. The van der Waals surface area contributed by atoms with Crippen LogP contribution in [0.2, 0.25) is 0 Å². The first-order valence-electron chi connectivity index (χ1n) is 6.08. The molecule has 0 spiro atoms. The average Bonchev–Trinajstić information content (AvgIpc) is 2.45. The summed E-state index contributed by atoms with van der Waals surface area (Å²) in [5, 5.41) is 2.30. The van der Waals surface area contributed by atoms with Crippen LogP contribution in [0.25, 0.3) is 0 Å². The Morgan fingerprint density at radius 3 is 2.90 bits per heavy atom. The minimum Gasteiger partial charge on any atom is -0.490 e. The van der Waals surface area contributed by atoms with Gasteiger partial charge in [-0.15, -0.1) is 0 Å². The summed E-state index contributed by atoms with van der Waals surface area (Å²) in [5.74, 6) is 5.54. The smallest absolute Gasteiger partial charge is 0.249 e.